The summed E-state index contributed by atoms with van der Waals surface area (Å²) in [5, 5.41) is 8.73. The summed E-state index contributed by atoms with van der Waals surface area (Å²) in [6, 6.07) is 53.5. The molecule has 10 nitrogen and oxygen atoms in total. The first kappa shape index (κ1) is 52.7. The molecule has 0 N–H and O–H groups in total. The third-order valence-electron chi connectivity index (χ3n) is 17.7. The van der Waals surface area contributed by atoms with Crippen molar-refractivity contribution in [1.82, 2.24) is 0 Å². The molecule has 0 atom stereocenters. The first-order valence-electron chi connectivity index (χ1n) is 27.5. The normalized spacial score (nSPS) is 18.8. The molecule has 8 aromatic carbocycles. The van der Waals surface area contributed by atoms with Crippen molar-refractivity contribution in [2.45, 2.75) is 117 Å². The number of hydrogen-bond donors (Lipinski definition) is 0. The number of rotatable bonds is 4. The van der Waals surface area contributed by atoms with Gasteiger partial charge in [-0.3, -0.25) is 0 Å². The highest BCUT2D eigenvalue weighted by molar-refractivity contribution is 9.10. The second-order valence-corrected chi connectivity index (χ2v) is 25.1. The molecule has 12 aromatic rings. The molecule has 3 aliphatic rings. The molecule has 0 radical (unpaired) electrons. The van der Waals surface area contributed by atoms with Crippen LogP contribution in [0.5, 0.6) is 0 Å². The average molecular weight is 1130 g/mol. The van der Waals surface area contributed by atoms with E-state index in [4.69, 9.17) is 45.6 Å². The number of para-hydroxylation sites is 4. The summed E-state index contributed by atoms with van der Waals surface area (Å²) >= 11 is 3.71. The molecule has 0 spiro atoms. The molecule has 3 saturated heterocycles. The zero-order chi connectivity index (χ0) is 55.9. The third kappa shape index (κ3) is 8.47. The Morgan fingerprint density at radius 1 is 0.287 bits per heavy atom. The smallest absolute Gasteiger partial charge is 0.456 e. The highest BCUT2D eigenvalue weighted by Gasteiger charge is 2.64. The summed E-state index contributed by atoms with van der Waals surface area (Å²) in [6.45, 7) is 24.5. The lowest BCUT2D eigenvalue weighted by Crippen LogP contribution is -2.41. The van der Waals surface area contributed by atoms with Crippen LogP contribution in [0.15, 0.2) is 180 Å². The predicted molar refractivity (Wildman–Crippen MR) is 328 cm³/mol. The maximum absolute atomic E-state index is 6.54. The zero-order valence-electron chi connectivity index (χ0n) is 47.2. The number of fused-ring (bicyclic) bond motifs is 12. The van der Waals surface area contributed by atoms with E-state index in [1.165, 1.54) is 0 Å². The van der Waals surface area contributed by atoms with E-state index in [0.29, 0.717) is 0 Å². The van der Waals surface area contributed by atoms with Gasteiger partial charge in [-0.1, -0.05) is 125 Å². The Bertz CT molecular complexity index is 4330. The fourth-order valence-electron chi connectivity index (χ4n) is 11.2. The summed E-state index contributed by atoms with van der Waals surface area (Å²) in [5.41, 5.74) is 9.98. The minimum absolute atomic E-state index is 0.360. The van der Waals surface area contributed by atoms with E-state index in [0.717, 1.165) is 120 Å². The zero-order valence-corrected chi connectivity index (χ0v) is 48.8. The highest BCUT2D eigenvalue weighted by Crippen LogP contribution is 2.47. The van der Waals surface area contributed by atoms with E-state index in [9.17, 15) is 0 Å². The van der Waals surface area contributed by atoms with Gasteiger partial charge in [0, 0.05) is 58.7 Å². The minimum Gasteiger partial charge on any atom is -0.456 e. The van der Waals surface area contributed by atoms with E-state index in [1.54, 1.807) is 0 Å². The van der Waals surface area contributed by atoms with Crippen molar-refractivity contribution in [1.29, 1.82) is 0 Å². The third-order valence-corrected chi connectivity index (χ3v) is 18.4. The number of halogens is 1. The quantitative estimate of drug-likeness (QED) is 0.158. The molecule has 80 heavy (non-hydrogen) atoms. The van der Waals surface area contributed by atoms with Crippen LogP contribution in [0.25, 0.3) is 110 Å². The van der Waals surface area contributed by atoms with Crippen molar-refractivity contribution >= 4 is 130 Å². The average Bonchev–Trinajstić information content (AvgIpc) is 4.43. The lowest BCUT2D eigenvalue weighted by molar-refractivity contribution is 0.00578. The Hall–Kier alpha value is -6.61. The highest BCUT2D eigenvalue weighted by atomic mass is 79.9. The van der Waals surface area contributed by atoms with Crippen molar-refractivity contribution in [2.75, 3.05) is 0 Å². The van der Waals surface area contributed by atoms with Crippen molar-refractivity contribution in [2.24, 2.45) is 0 Å². The van der Waals surface area contributed by atoms with Crippen LogP contribution in [0, 0.1) is 0 Å². The van der Waals surface area contributed by atoms with E-state index in [1.807, 2.05) is 152 Å². The van der Waals surface area contributed by atoms with Crippen LogP contribution in [0.3, 0.4) is 0 Å². The minimum atomic E-state index is -0.483. The molecule has 402 valence electrons. The van der Waals surface area contributed by atoms with Gasteiger partial charge < -0.3 is 45.6 Å². The van der Waals surface area contributed by atoms with E-state index in [2.05, 4.69) is 104 Å². The molecule has 0 saturated carbocycles. The summed E-state index contributed by atoms with van der Waals surface area (Å²) in [5.74, 6) is 0. The van der Waals surface area contributed by atoms with Crippen LogP contribution >= 0.6 is 15.9 Å². The van der Waals surface area contributed by atoms with E-state index in [-0.39, 0.29) is 22.4 Å². The van der Waals surface area contributed by atoms with E-state index >= 15 is 0 Å². The molecular weight excluding hydrogens is 1070 g/mol. The Kier molecular flexibility index (Phi) is 12.3. The number of hydrogen-bond acceptors (Lipinski definition) is 10. The molecule has 0 amide bonds. The Morgan fingerprint density at radius 2 is 0.613 bits per heavy atom. The van der Waals surface area contributed by atoms with Gasteiger partial charge in [0.05, 0.1) is 33.6 Å². The van der Waals surface area contributed by atoms with Gasteiger partial charge >= 0.3 is 21.1 Å². The fraction of sp³-hybridized carbons (Fsp3) is 0.273. The molecule has 15 rings (SSSR count). The molecule has 0 unspecified atom stereocenters. The van der Waals surface area contributed by atoms with Gasteiger partial charge in [-0.15, -0.1) is 0 Å². The molecule has 4 aromatic heterocycles. The number of benzene rings is 8. The van der Waals surface area contributed by atoms with Crippen molar-refractivity contribution in [3.05, 3.63) is 162 Å². The van der Waals surface area contributed by atoms with Gasteiger partial charge in [0.15, 0.2) is 0 Å². The molecule has 3 aliphatic heterocycles. The molecule has 0 aliphatic carbocycles. The Morgan fingerprint density at radius 3 is 1.04 bits per heavy atom. The van der Waals surface area contributed by atoms with Crippen molar-refractivity contribution < 1.29 is 45.6 Å². The number of furan rings is 4. The summed E-state index contributed by atoms with van der Waals surface area (Å²) in [7, 11) is -1.43. The standard InChI is InChI=1S/C30H25BO4.C24H13BrO2.C12H24B2O4/c1-29(2)30(3,4)35-31(34-29)22-17-16-19(28-27(22)21-11-6-8-14-24(21)33-28)18-12-9-15-25-26(18)20-10-5-7-13-23(20)32-25;25-18-13-12-15(24-23(18)17-7-2-4-10-20(17)27-24)14-8-5-11-21-22(14)16-6-1-3-9-19(16)26-21;1-9(2)10(3,4)16-13(15-9)14-17-11(5,6)12(7,8)18-14/h5-17H,1-4H3;1-13H;1-8H3. The van der Waals surface area contributed by atoms with E-state index < -0.39 is 32.3 Å². The Labute approximate surface area is 474 Å². The SMILES string of the molecule is Brc1ccc(-c2cccc3oc4ccccc4c23)c2oc3ccccc3c12.CC1(C)OB(B2OC(C)(C)C(C)(C)O2)OC1(C)C.CC1(C)OB(c2ccc(-c3cccc4oc5ccccc5c34)c3oc4ccccc4c23)OC1(C)C. The molecule has 7 heterocycles. The van der Waals surface area contributed by atoms with Gasteiger partial charge in [-0.2, -0.15) is 0 Å². The van der Waals surface area contributed by atoms with Crippen LogP contribution in [0.1, 0.15) is 83.1 Å². The van der Waals surface area contributed by atoms with Crippen LogP contribution in [-0.2, 0) is 27.9 Å². The van der Waals surface area contributed by atoms with Gasteiger partial charge in [0.1, 0.15) is 44.7 Å². The summed E-state index contributed by atoms with van der Waals surface area (Å²) in [4.78, 5) is 0. The molecule has 0 bridgehead atoms. The molecule has 3 fully saturated rings. The fourth-order valence-corrected chi connectivity index (χ4v) is 11.8. The summed E-state index contributed by atoms with van der Waals surface area (Å²) < 4.78 is 62.9. The van der Waals surface area contributed by atoms with Gasteiger partial charge in [-0.25, -0.2) is 0 Å². The van der Waals surface area contributed by atoms with Crippen LogP contribution in [0.4, 0.5) is 0 Å². The van der Waals surface area contributed by atoms with Gasteiger partial charge in [0.2, 0.25) is 0 Å². The topological polar surface area (TPSA) is 108 Å². The lowest BCUT2D eigenvalue weighted by atomic mass is 9.49. The second kappa shape index (κ2) is 18.7. The van der Waals surface area contributed by atoms with Gasteiger partial charge in [0.25, 0.3) is 0 Å². The van der Waals surface area contributed by atoms with Crippen LogP contribution in [-0.4, -0.2) is 54.7 Å². The molecule has 14 heteroatoms. The van der Waals surface area contributed by atoms with Crippen LogP contribution < -0.4 is 5.46 Å². The maximum atomic E-state index is 6.54. The largest absolute Gasteiger partial charge is 0.495 e. The van der Waals surface area contributed by atoms with Crippen LogP contribution in [0.2, 0.25) is 0 Å². The Balaban J connectivity index is 0.000000120. The van der Waals surface area contributed by atoms with Crippen molar-refractivity contribution in [3.63, 3.8) is 0 Å². The predicted octanol–water partition coefficient (Wildman–Crippen LogP) is 17.6. The second-order valence-electron chi connectivity index (χ2n) is 24.3. The maximum Gasteiger partial charge on any atom is 0.495 e. The van der Waals surface area contributed by atoms with Crippen molar-refractivity contribution in [3.8, 4) is 22.3 Å². The lowest BCUT2D eigenvalue weighted by Gasteiger charge is -2.32. The molecular formula is C66H62B3BrO10. The first-order valence-corrected chi connectivity index (χ1v) is 28.2. The first-order chi connectivity index (χ1) is 38.0. The van der Waals surface area contributed by atoms with Gasteiger partial charge in [-0.05, 0) is 148 Å². The summed E-state index contributed by atoms with van der Waals surface area (Å²) in [6.07, 6.45) is 0. The monoisotopic (exact) mass is 1130 g/mol.